The maximum atomic E-state index is 11.9. The van der Waals surface area contributed by atoms with Gasteiger partial charge in [-0.3, -0.25) is 19.9 Å². The molecule has 0 aliphatic carbocycles. The van der Waals surface area contributed by atoms with Gasteiger partial charge >= 0.3 is 0 Å². The molecule has 0 N–H and O–H groups in total. The third kappa shape index (κ3) is 3.59. The zero-order valence-corrected chi connectivity index (χ0v) is 12.1. The number of rotatable bonds is 4. The summed E-state index contributed by atoms with van der Waals surface area (Å²) in [5, 5.41) is 11.0. The molecule has 0 atom stereocenters. The Bertz CT molecular complexity index is 516. The van der Waals surface area contributed by atoms with Gasteiger partial charge in [0.1, 0.15) is 5.78 Å². The number of carbonyl (C=O) groups excluding carboxylic acids is 1. The lowest BCUT2D eigenvalue weighted by molar-refractivity contribution is -0.386. The van der Waals surface area contributed by atoms with E-state index >= 15 is 0 Å². The topological polar surface area (TPSA) is 73.1 Å². The highest BCUT2D eigenvalue weighted by Gasteiger charge is 2.23. The molecular formula is C14H20N2O3. The van der Waals surface area contributed by atoms with Crippen molar-refractivity contribution in [1.29, 1.82) is 0 Å². The van der Waals surface area contributed by atoms with E-state index in [1.54, 1.807) is 13.8 Å². The molecule has 1 heterocycles. The summed E-state index contributed by atoms with van der Waals surface area (Å²) in [6.45, 7) is 8.96. The van der Waals surface area contributed by atoms with Crippen molar-refractivity contribution in [2.75, 3.05) is 0 Å². The van der Waals surface area contributed by atoms with Gasteiger partial charge in [0.15, 0.2) is 0 Å². The largest absolute Gasteiger partial charge is 0.299 e. The van der Waals surface area contributed by atoms with E-state index < -0.39 is 0 Å². The number of Topliss-reactive ketones (excluding diaryl/α,β-unsaturated/α-hetero) is 1. The predicted molar refractivity (Wildman–Crippen MR) is 73.1 cm³/mol. The van der Waals surface area contributed by atoms with Gasteiger partial charge in [-0.25, -0.2) is 0 Å². The zero-order chi connectivity index (χ0) is 14.8. The van der Waals surface area contributed by atoms with Crippen LogP contribution >= 0.6 is 0 Å². The number of hydrogen-bond acceptors (Lipinski definition) is 4. The van der Waals surface area contributed by atoms with Gasteiger partial charge in [0.2, 0.25) is 0 Å². The van der Waals surface area contributed by atoms with Crippen LogP contribution in [0.4, 0.5) is 5.69 Å². The fourth-order valence-electron chi connectivity index (χ4n) is 1.91. The van der Waals surface area contributed by atoms with Gasteiger partial charge in [0.25, 0.3) is 5.69 Å². The standard InChI is InChI=1S/C14H20N2O3/c1-9-8-15-11(10(2)13(9)16(18)19)6-7-12(17)14(3,4)5/h8H,6-7H2,1-5H3. The van der Waals surface area contributed by atoms with Crippen molar-refractivity contribution >= 4 is 11.5 Å². The average molecular weight is 264 g/mol. The van der Waals surface area contributed by atoms with Crippen molar-refractivity contribution in [3.8, 4) is 0 Å². The first-order valence-electron chi connectivity index (χ1n) is 6.27. The number of ketones is 1. The predicted octanol–water partition coefficient (Wildman–Crippen LogP) is 3.15. The number of carbonyl (C=O) groups is 1. The molecule has 5 nitrogen and oxygen atoms in total. The average Bonchev–Trinajstić information content (AvgIpc) is 2.25. The fraction of sp³-hybridized carbons (Fsp3) is 0.571. The van der Waals surface area contributed by atoms with Crippen molar-refractivity contribution in [3.63, 3.8) is 0 Å². The van der Waals surface area contributed by atoms with Crippen LogP contribution in [0.2, 0.25) is 0 Å². The molecule has 0 fully saturated rings. The molecular weight excluding hydrogens is 244 g/mol. The van der Waals surface area contributed by atoms with E-state index in [-0.39, 0.29) is 21.8 Å². The molecule has 0 aliphatic rings. The second kappa shape index (κ2) is 5.47. The van der Waals surface area contributed by atoms with Crippen molar-refractivity contribution in [2.45, 2.75) is 47.5 Å². The quantitative estimate of drug-likeness (QED) is 0.618. The monoisotopic (exact) mass is 264 g/mol. The second-order valence-electron chi connectivity index (χ2n) is 5.79. The molecule has 1 aromatic rings. The smallest absolute Gasteiger partial charge is 0.278 e. The van der Waals surface area contributed by atoms with E-state index in [4.69, 9.17) is 0 Å². The first-order chi connectivity index (χ1) is 8.64. The number of nitro groups is 1. The van der Waals surface area contributed by atoms with Crippen LogP contribution in [0, 0.1) is 29.4 Å². The van der Waals surface area contributed by atoms with Crippen LogP contribution in [0.15, 0.2) is 6.20 Å². The van der Waals surface area contributed by atoms with Crippen LogP contribution in [-0.4, -0.2) is 15.7 Å². The highest BCUT2D eigenvalue weighted by Crippen LogP contribution is 2.25. The highest BCUT2D eigenvalue weighted by atomic mass is 16.6. The van der Waals surface area contributed by atoms with E-state index in [9.17, 15) is 14.9 Å². The third-order valence-corrected chi connectivity index (χ3v) is 3.18. The summed E-state index contributed by atoms with van der Waals surface area (Å²) in [6, 6.07) is 0. The molecule has 0 aliphatic heterocycles. The summed E-state index contributed by atoms with van der Waals surface area (Å²) in [6.07, 6.45) is 2.31. The Labute approximate surface area is 113 Å². The molecule has 1 rings (SSSR count). The zero-order valence-electron chi connectivity index (χ0n) is 12.1. The summed E-state index contributed by atoms with van der Waals surface area (Å²) in [7, 11) is 0. The van der Waals surface area contributed by atoms with Gasteiger partial charge in [-0.2, -0.15) is 0 Å². The normalized spacial score (nSPS) is 11.4. The van der Waals surface area contributed by atoms with Crippen molar-refractivity contribution in [2.24, 2.45) is 5.41 Å². The molecule has 0 amide bonds. The van der Waals surface area contributed by atoms with E-state index in [2.05, 4.69) is 4.98 Å². The summed E-state index contributed by atoms with van der Waals surface area (Å²) in [4.78, 5) is 26.7. The third-order valence-electron chi connectivity index (χ3n) is 3.18. The van der Waals surface area contributed by atoms with E-state index in [1.165, 1.54) is 6.20 Å². The molecule has 0 saturated heterocycles. The molecule has 0 spiro atoms. The molecule has 0 aromatic carbocycles. The van der Waals surface area contributed by atoms with Crippen molar-refractivity contribution < 1.29 is 9.72 Å². The van der Waals surface area contributed by atoms with Gasteiger partial charge in [0.05, 0.1) is 10.6 Å². The summed E-state index contributed by atoms with van der Waals surface area (Å²) < 4.78 is 0. The lowest BCUT2D eigenvalue weighted by Gasteiger charge is -2.16. The van der Waals surface area contributed by atoms with E-state index in [0.717, 1.165) is 0 Å². The molecule has 0 radical (unpaired) electrons. The number of aromatic nitrogens is 1. The Kier molecular flexibility index (Phi) is 4.39. The molecule has 0 bridgehead atoms. The van der Waals surface area contributed by atoms with Gasteiger partial charge < -0.3 is 0 Å². The van der Waals surface area contributed by atoms with Crippen molar-refractivity contribution in [1.82, 2.24) is 4.98 Å². The lowest BCUT2D eigenvalue weighted by Crippen LogP contribution is -2.20. The minimum atomic E-state index is -0.387. The van der Waals surface area contributed by atoms with Crippen LogP contribution in [0.3, 0.4) is 0 Å². The van der Waals surface area contributed by atoms with Crippen LogP contribution in [0.25, 0.3) is 0 Å². The Morgan fingerprint density at radius 2 is 1.95 bits per heavy atom. The molecule has 1 aromatic heterocycles. The van der Waals surface area contributed by atoms with Crippen LogP contribution in [-0.2, 0) is 11.2 Å². The fourth-order valence-corrected chi connectivity index (χ4v) is 1.91. The number of aryl methyl sites for hydroxylation is 2. The van der Waals surface area contributed by atoms with E-state index in [1.807, 2.05) is 20.8 Å². The lowest BCUT2D eigenvalue weighted by atomic mass is 9.87. The Morgan fingerprint density at radius 3 is 2.42 bits per heavy atom. The number of pyridine rings is 1. The summed E-state index contributed by atoms with van der Waals surface area (Å²) in [5.74, 6) is 0.136. The summed E-state index contributed by atoms with van der Waals surface area (Å²) in [5.41, 5.74) is 1.47. The van der Waals surface area contributed by atoms with Gasteiger partial charge in [-0.15, -0.1) is 0 Å². The van der Waals surface area contributed by atoms with E-state index in [0.29, 0.717) is 29.7 Å². The van der Waals surface area contributed by atoms with Gasteiger partial charge in [-0.1, -0.05) is 20.8 Å². The first kappa shape index (κ1) is 15.3. The first-order valence-corrected chi connectivity index (χ1v) is 6.27. The minimum Gasteiger partial charge on any atom is -0.299 e. The second-order valence-corrected chi connectivity index (χ2v) is 5.79. The Hall–Kier alpha value is -1.78. The molecule has 5 heteroatoms. The van der Waals surface area contributed by atoms with Crippen LogP contribution in [0.5, 0.6) is 0 Å². The Morgan fingerprint density at radius 1 is 1.37 bits per heavy atom. The number of hydrogen-bond donors (Lipinski definition) is 0. The molecule has 0 unspecified atom stereocenters. The van der Waals surface area contributed by atoms with Crippen LogP contribution < -0.4 is 0 Å². The van der Waals surface area contributed by atoms with Gasteiger partial charge in [-0.05, 0) is 20.3 Å². The minimum absolute atomic E-state index is 0.105. The maximum Gasteiger partial charge on any atom is 0.278 e. The molecule has 104 valence electrons. The van der Waals surface area contributed by atoms with Crippen molar-refractivity contribution in [3.05, 3.63) is 33.1 Å². The summed E-state index contributed by atoms with van der Waals surface area (Å²) >= 11 is 0. The highest BCUT2D eigenvalue weighted by molar-refractivity contribution is 5.83. The molecule has 0 saturated carbocycles. The number of nitrogens with zero attached hydrogens (tertiary/aromatic N) is 2. The Balaban J connectivity index is 2.95. The van der Waals surface area contributed by atoms with Gasteiger partial charge in [0, 0.05) is 29.2 Å². The van der Waals surface area contributed by atoms with Crippen LogP contribution in [0.1, 0.15) is 44.0 Å². The maximum absolute atomic E-state index is 11.9. The molecule has 19 heavy (non-hydrogen) atoms. The SMILES string of the molecule is Cc1cnc(CCC(=O)C(C)(C)C)c(C)c1[N+](=O)[O-].